The van der Waals surface area contributed by atoms with Crippen molar-refractivity contribution in [1.82, 2.24) is 4.90 Å². The molecule has 0 heterocycles. The highest BCUT2D eigenvalue weighted by atomic mass is 35.5. The van der Waals surface area contributed by atoms with Crippen LogP contribution in [-0.2, 0) is 23.1 Å². The van der Waals surface area contributed by atoms with E-state index in [9.17, 15) is 17.6 Å². The van der Waals surface area contributed by atoms with Crippen LogP contribution in [0.2, 0.25) is 0 Å². The fraction of sp³-hybridized carbons (Fsp3) is 0.208. The van der Waals surface area contributed by atoms with Crippen molar-refractivity contribution in [2.45, 2.75) is 26.1 Å². The Morgan fingerprint density at radius 1 is 0.938 bits per heavy atom. The molecule has 32 heavy (non-hydrogen) atoms. The summed E-state index contributed by atoms with van der Waals surface area (Å²) in [5.41, 5.74) is 2.07. The molecule has 0 fully saturated rings. The standard InChI is InChI=1S/C24H25FN2O3S.ClH/c1-18(24(28)22-15-21(13-14-23(22)25)26-31(2,29)30)27(16-19-9-5-3-6-10-19)17-20-11-7-4-8-12-20;/h3-15,18,26H,16-17H2,1-2H3;1H. The van der Waals surface area contributed by atoms with Crippen molar-refractivity contribution in [3.05, 3.63) is 101 Å². The predicted molar refractivity (Wildman–Crippen MR) is 128 cm³/mol. The van der Waals surface area contributed by atoms with Crippen LogP contribution in [0.1, 0.15) is 28.4 Å². The van der Waals surface area contributed by atoms with Crippen molar-refractivity contribution in [2.75, 3.05) is 11.0 Å². The van der Waals surface area contributed by atoms with Gasteiger partial charge in [0, 0.05) is 18.8 Å². The molecule has 0 saturated heterocycles. The summed E-state index contributed by atoms with van der Waals surface area (Å²) in [7, 11) is -3.54. The Morgan fingerprint density at radius 3 is 1.91 bits per heavy atom. The second-order valence-corrected chi connectivity index (χ2v) is 9.23. The van der Waals surface area contributed by atoms with Gasteiger partial charge in [0.1, 0.15) is 5.82 Å². The first-order valence-electron chi connectivity index (χ1n) is 9.86. The highest BCUT2D eigenvalue weighted by molar-refractivity contribution is 7.92. The van der Waals surface area contributed by atoms with Crippen molar-refractivity contribution in [3.8, 4) is 0 Å². The molecule has 5 nitrogen and oxygen atoms in total. The Labute approximate surface area is 194 Å². The lowest BCUT2D eigenvalue weighted by atomic mass is 10.0. The van der Waals surface area contributed by atoms with Gasteiger partial charge in [0.25, 0.3) is 0 Å². The number of anilines is 1. The van der Waals surface area contributed by atoms with Gasteiger partial charge in [-0.3, -0.25) is 14.4 Å². The summed E-state index contributed by atoms with van der Waals surface area (Å²) in [6, 6.07) is 22.5. The monoisotopic (exact) mass is 476 g/mol. The van der Waals surface area contributed by atoms with Crippen LogP contribution in [0.4, 0.5) is 10.1 Å². The number of nitrogens with one attached hydrogen (secondary N) is 1. The van der Waals surface area contributed by atoms with E-state index in [2.05, 4.69) is 4.72 Å². The minimum absolute atomic E-state index is 0. The first kappa shape index (κ1) is 25.5. The van der Waals surface area contributed by atoms with Crippen LogP contribution in [0.5, 0.6) is 0 Å². The molecule has 8 heteroatoms. The molecule has 0 aromatic heterocycles. The molecular weight excluding hydrogens is 451 g/mol. The summed E-state index contributed by atoms with van der Waals surface area (Å²) in [5, 5.41) is 0. The van der Waals surface area contributed by atoms with E-state index in [1.54, 1.807) is 6.92 Å². The summed E-state index contributed by atoms with van der Waals surface area (Å²) in [6.07, 6.45) is 1.00. The van der Waals surface area contributed by atoms with Crippen molar-refractivity contribution in [3.63, 3.8) is 0 Å². The summed E-state index contributed by atoms with van der Waals surface area (Å²) >= 11 is 0. The smallest absolute Gasteiger partial charge is 0.229 e. The molecular formula is C24H26ClFN2O3S. The number of nitrogens with zero attached hydrogens (tertiary/aromatic N) is 1. The van der Waals surface area contributed by atoms with E-state index in [0.29, 0.717) is 13.1 Å². The summed E-state index contributed by atoms with van der Waals surface area (Å²) in [6.45, 7) is 2.75. The molecule has 0 radical (unpaired) electrons. The molecule has 0 bridgehead atoms. The quantitative estimate of drug-likeness (QED) is 0.446. The third-order valence-corrected chi connectivity index (χ3v) is 5.53. The number of carbonyl (C=O) groups excluding carboxylic acids is 1. The summed E-state index contributed by atoms with van der Waals surface area (Å²) in [5.74, 6) is -1.10. The van der Waals surface area contributed by atoms with E-state index in [1.807, 2.05) is 65.6 Å². The zero-order valence-corrected chi connectivity index (χ0v) is 19.5. The molecule has 0 amide bonds. The molecule has 0 aliphatic heterocycles. The molecule has 0 spiro atoms. The fourth-order valence-corrected chi connectivity index (χ4v) is 3.90. The summed E-state index contributed by atoms with van der Waals surface area (Å²) in [4.78, 5) is 15.2. The molecule has 0 aliphatic rings. The number of ketones is 1. The molecule has 3 rings (SSSR count). The van der Waals surface area contributed by atoms with Crippen LogP contribution in [0, 0.1) is 5.82 Å². The topological polar surface area (TPSA) is 66.5 Å². The third kappa shape index (κ3) is 7.15. The van der Waals surface area contributed by atoms with Crippen LogP contribution >= 0.6 is 12.4 Å². The van der Waals surface area contributed by atoms with Gasteiger partial charge >= 0.3 is 0 Å². The van der Waals surface area contributed by atoms with E-state index in [-0.39, 0.29) is 23.7 Å². The van der Waals surface area contributed by atoms with Gasteiger partial charge in [0.2, 0.25) is 10.0 Å². The largest absolute Gasteiger partial charge is 0.292 e. The number of Topliss-reactive ketones (excluding diaryl/α,β-unsaturated/α-hetero) is 1. The Hall–Kier alpha value is -2.74. The van der Waals surface area contributed by atoms with E-state index < -0.39 is 27.7 Å². The van der Waals surface area contributed by atoms with E-state index >= 15 is 0 Å². The highest BCUT2D eigenvalue weighted by Gasteiger charge is 2.25. The number of hydrogen-bond acceptors (Lipinski definition) is 4. The first-order valence-corrected chi connectivity index (χ1v) is 11.8. The van der Waals surface area contributed by atoms with Gasteiger partial charge < -0.3 is 0 Å². The highest BCUT2D eigenvalue weighted by Crippen LogP contribution is 2.21. The molecule has 0 aliphatic carbocycles. The van der Waals surface area contributed by atoms with Crippen LogP contribution in [-0.4, -0.2) is 31.4 Å². The van der Waals surface area contributed by atoms with Crippen molar-refractivity contribution < 1.29 is 17.6 Å². The average molecular weight is 477 g/mol. The van der Waals surface area contributed by atoms with E-state index in [1.165, 1.54) is 12.1 Å². The van der Waals surface area contributed by atoms with E-state index in [4.69, 9.17) is 0 Å². The third-order valence-electron chi connectivity index (χ3n) is 4.92. The average Bonchev–Trinajstić information content (AvgIpc) is 2.74. The number of halogens is 2. The Balaban J connectivity index is 0.00000363. The van der Waals surface area contributed by atoms with E-state index in [0.717, 1.165) is 23.4 Å². The second kappa shape index (κ2) is 11.2. The predicted octanol–water partition coefficient (Wildman–Crippen LogP) is 4.89. The van der Waals surface area contributed by atoms with Crippen LogP contribution in [0.25, 0.3) is 0 Å². The van der Waals surface area contributed by atoms with Gasteiger partial charge in [-0.25, -0.2) is 12.8 Å². The fourth-order valence-electron chi connectivity index (χ4n) is 3.35. The maximum Gasteiger partial charge on any atom is 0.229 e. The number of hydrogen-bond donors (Lipinski definition) is 1. The van der Waals surface area contributed by atoms with Gasteiger partial charge in [-0.1, -0.05) is 60.7 Å². The lowest BCUT2D eigenvalue weighted by molar-refractivity contribution is 0.0812. The summed E-state index contributed by atoms with van der Waals surface area (Å²) < 4.78 is 39.8. The van der Waals surface area contributed by atoms with Crippen molar-refractivity contribution in [1.29, 1.82) is 0 Å². The number of sulfonamides is 1. The number of rotatable bonds is 9. The molecule has 3 aromatic carbocycles. The molecule has 3 aromatic rings. The minimum Gasteiger partial charge on any atom is -0.292 e. The zero-order chi connectivity index (χ0) is 22.4. The van der Waals surface area contributed by atoms with Crippen LogP contribution in [0.3, 0.4) is 0 Å². The van der Waals surface area contributed by atoms with Gasteiger partial charge in [0.05, 0.1) is 17.9 Å². The molecule has 170 valence electrons. The SMILES string of the molecule is CC(C(=O)c1cc(NS(C)(=O)=O)ccc1F)N(Cc1ccccc1)Cc1ccccc1.Cl. The zero-order valence-electron chi connectivity index (χ0n) is 17.9. The van der Waals surface area contributed by atoms with Crippen LogP contribution in [0.15, 0.2) is 78.9 Å². The second-order valence-electron chi connectivity index (χ2n) is 7.49. The Morgan fingerprint density at radius 2 is 1.44 bits per heavy atom. The van der Waals surface area contributed by atoms with Gasteiger partial charge in [-0.15, -0.1) is 12.4 Å². The van der Waals surface area contributed by atoms with Gasteiger partial charge in [-0.05, 0) is 36.2 Å². The Kier molecular flexibility index (Phi) is 8.95. The first-order chi connectivity index (χ1) is 14.7. The van der Waals surface area contributed by atoms with Crippen molar-refractivity contribution in [2.24, 2.45) is 0 Å². The number of carbonyl (C=O) groups is 1. The minimum atomic E-state index is -3.54. The lowest BCUT2D eigenvalue weighted by Gasteiger charge is -2.28. The molecule has 1 N–H and O–H groups in total. The maximum absolute atomic E-state index is 14.5. The molecule has 1 atom stereocenters. The molecule has 1 unspecified atom stereocenters. The number of benzene rings is 3. The van der Waals surface area contributed by atoms with Gasteiger partial charge in [-0.2, -0.15) is 0 Å². The lowest BCUT2D eigenvalue weighted by Crippen LogP contribution is -2.38. The Bertz CT molecular complexity index is 1100. The van der Waals surface area contributed by atoms with Crippen LogP contribution < -0.4 is 4.72 Å². The van der Waals surface area contributed by atoms with Crippen molar-refractivity contribution >= 4 is 33.9 Å². The maximum atomic E-state index is 14.5. The normalized spacial score (nSPS) is 12.1. The van der Waals surface area contributed by atoms with Gasteiger partial charge in [0.15, 0.2) is 5.78 Å². The molecule has 0 saturated carbocycles.